The van der Waals surface area contributed by atoms with Gasteiger partial charge in [0.2, 0.25) is 0 Å². The third-order valence-electron chi connectivity index (χ3n) is 5.67. The van der Waals surface area contributed by atoms with E-state index in [1.807, 2.05) is 6.92 Å². The summed E-state index contributed by atoms with van der Waals surface area (Å²) in [5, 5.41) is 13.0. The van der Waals surface area contributed by atoms with Crippen LogP contribution in [0.3, 0.4) is 0 Å². The second-order valence-corrected chi connectivity index (χ2v) is 7.76. The Morgan fingerprint density at radius 1 is 1.11 bits per heavy atom. The number of halogens is 3. The van der Waals surface area contributed by atoms with Gasteiger partial charge in [0, 0.05) is 17.5 Å². The Morgan fingerprint density at radius 2 is 1.82 bits per heavy atom. The van der Waals surface area contributed by atoms with Crippen molar-refractivity contribution in [2.45, 2.75) is 31.7 Å². The third kappa shape index (κ3) is 3.54. The highest BCUT2D eigenvalue weighted by molar-refractivity contribution is 5.92. The molecule has 0 unspecified atom stereocenters. The second-order valence-electron chi connectivity index (χ2n) is 7.76. The monoisotopic (exact) mass is 388 g/mol. The third-order valence-corrected chi connectivity index (χ3v) is 5.67. The Labute approximate surface area is 161 Å². The van der Waals surface area contributed by atoms with Crippen molar-refractivity contribution in [2.24, 2.45) is 5.92 Å². The highest BCUT2D eigenvalue weighted by Gasteiger charge is 2.34. The van der Waals surface area contributed by atoms with Crippen molar-refractivity contribution >= 4 is 10.9 Å². The predicted molar refractivity (Wildman–Crippen MR) is 104 cm³/mol. The number of fused-ring (bicyclic) bond motifs is 1. The average molecular weight is 388 g/mol. The molecule has 1 aromatic heterocycles. The van der Waals surface area contributed by atoms with E-state index < -0.39 is 11.6 Å². The lowest BCUT2D eigenvalue weighted by molar-refractivity contribution is 0.214. The Bertz CT molecular complexity index is 978. The van der Waals surface area contributed by atoms with Crippen molar-refractivity contribution in [1.29, 1.82) is 0 Å². The maximum Gasteiger partial charge on any atom is 0.150 e. The van der Waals surface area contributed by atoms with Gasteiger partial charge in [-0.3, -0.25) is 0 Å². The molecule has 148 valence electrons. The number of aromatic nitrogens is 1. The molecule has 2 aromatic carbocycles. The maximum atomic E-state index is 14.4. The van der Waals surface area contributed by atoms with Gasteiger partial charge in [0.1, 0.15) is 17.5 Å². The number of hydrogen-bond acceptors (Lipinski definition) is 2. The molecule has 1 saturated carbocycles. The van der Waals surface area contributed by atoms with Crippen LogP contribution in [0.25, 0.3) is 22.2 Å². The zero-order valence-corrected chi connectivity index (χ0v) is 15.6. The number of nitrogens with one attached hydrogen (secondary N) is 2. The standard InChI is InChI=1S/C22H23F3N2O/c1-12(11-28)26-10-13-6-15(7-13)20-18-8-17(24)9-19(25)22(18)27-21(20)14-2-4-16(23)5-3-14/h2-5,8-9,12-13,15,26-28H,6-7,10-11H2,1H3/t12-,13?,15?/m0/s1. The van der Waals surface area contributed by atoms with Crippen LogP contribution in [0.5, 0.6) is 0 Å². The van der Waals surface area contributed by atoms with Gasteiger partial charge >= 0.3 is 0 Å². The molecule has 3 N–H and O–H groups in total. The summed E-state index contributed by atoms with van der Waals surface area (Å²) in [5.74, 6) is -0.953. The van der Waals surface area contributed by atoms with Crippen LogP contribution >= 0.6 is 0 Å². The summed E-state index contributed by atoms with van der Waals surface area (Å²) in [6.07, 6.45) is 1.79. The van der Waals surface area contributed by atoms with Crippen LogP contribution in [-0.2, 0) is 0 Å². The summed E-state index contributed by atoms with van der Waals surface area (Å²) < 4.78 is 41.6. The van der Waals surface area contributed by atoms with Crippen LogP contribution in [0, 0.1) is 23.4 Å². The number of hydrogen-bond donors (Lipinski definition) is 3. The Morgan fingerprint density at radius 3 is 2.50 bits per heavy atom. The van der Waals surface area contributed by atoms with Gasteiger partial charge in [0.05, 0.1) is 17.8 Å². The molecule has 0 amide bonds. The number of aliphatic hydroxyl groups excluding tert-OH is 1. The van der Waals surface area contributed by atoms with Gasteiger partial charge in [-0.15, -0.1) is 0 Å². The minimum absolute atomic E-state index is 0.0464. The first kappa shape index (κ1) is 19.0. The fraction of sp³-hybridized carbons (Fsp3) is 0.364. The zero-order chi connectivity index (χ0) is 19.8. The quantitative estimate of drug-likeness (QED) is 0.572. The summed E-state index contributed by atoms with van der Waals surface area (Å²) >= 11 is 0. The van der Waals surface area contributed by atoms with Gasteiger partial charge in [-0.1, -0.05) is 0 Å². The van der Waals surface area contributed by atoms with E-state index in [4.69, 9.17) is 5.11 Å². The molecule has 0 spiro atoms. The lowest BCUT2D eigenvalue weighted by atomic mass is 9.70. The van der Waals surface area contributed by atoms with Crippen molar-refractivity contribution in [3.8, 4) is 11.3 Å². The molecule has 3 nitrogen and oxygen atoms in total. The lowest BCUT2D eigenvalue weighted by Crippen LogP contribution is -2.38. The smallest absolute Gasteiger partial charge is 0.150 e. The number of aliphatic hydroxyl groups is 1. The van der Waals surface area contributed by atoms with Gasteiger partial charge < -0.3 is 15.4 Å². The molecular formula is C22H23F3N2O. The molecule has 0 radical (unpaired) electrons. The number of aromatic amines is 1. The van der Waals surface area contributed by atoms with Crippen molar-refractivity contribution in [2.75, 3.05) is 13.2 Å². The van der Waals surface area contributed by atoms with Crippen LogP contribution in [0.2, 0.25) is 0 Å². The first-order valence-electron chi connectivity index (χ1n) is 9.57. The van der Waals surface area contributed by atoms with Crippen LogP contribution in [0.15, 0.2) is 36.4 Å². The largest absolute Gasteiger partial charge is 0.395 e. The first-order chi connectivity index (χ1) is 13.5. The number of benzene rings is 2. The van der Waals surface area contributed by atoms with Crippen molar-refractivity contribution in [3.05, 3.63) is 59.4 Å². The second kappa shape index (κ2) is 7.60. The minimum Gasteiger partial charge on any atom is -0.395 e. The first-order valence-corrected chi connectivity index (χ1v) is 9.57. The number of H-pyrrole nitrogens is 1. The fourth-order valence-electron chi connectivity index (χ4n) is 4.08. The normalized spacial score (nSPS) is 20.3. The van der Waals surface area contributed by atoms with Crippen LogP contribution in [-0.4, -0.2) is 29.3 Å². The summed E-state index contributed by atoms with van der Waals surface area (Å²) in [5.41, 5.74) is 2.65. The Balaban J connectivity index is 1.68. The molecular weight excluding hydrogens is 365 g/mol. The summed E-state index contributed by atoms with van der Waals surface area (Å²) in [4.78, 5) is 3.11. The predicted octanol–water partition coefficient (Wildman–Crippen LogP) is 4.72. The van der Waals surface area contributed by atoms with Crippen LogP contribution < -0.4 is 5.32 Å². The molecule has 1 fully saturated rings. The molecule has 0 bridgehead atoms. The molecule has 0 aliphatic heterocycles. The highest BCUT2D eigenvalue weighted by Crippen LogP contribution is 2.48. The van der Waals surface area contributed by atoms with Crippen molar-refractivity contribution < 1.29 is 18.3 Å². The molecule has 1 aliphatic rings. The average Bonchev–Trinajstić information content (AvgIpc) is 3.00. The van der Waals surface area contributed by atoms with Gasteiger partial charge in [-0.2, -0.15) is 0 Å². The molecule has 28 heavy (non-hydrogen) atoms. The van der Waals surface area contributed by atoms with Crippen molar-refractivity contribution in [1.82, 2.24) is 10.3 Å². The van der Waals surface area contributed by atoms with E-state index in [2.05, 4.69) is 10.3 Å². The van der Waals surface area contributed by atoms with E-state index in [-0.39, 0.29) is 29.9 Å². The lowest BCUT2D eigenvalue weighted by Gasteiger charge is -2.37. The van der Waals surface area contributed by atoms with Crippen LogP contribution in [0.4, 0.5) is 13.2 Å². The molecule has 6 heteroatoms. The van der Waals surface area contributed by atoms with Crippen LogP contribution in [0.1, 0.15) is 31.2 Å². The van der Waals surface area contributed by atoms with Gasteiger partial charge in [-0.05, 0) is 79.6 Å². The fourth-order valence-corrected chi connectivity index (χ4v) is 4.08. The maximum absolute atomic E-state index is 14.4. The van der Waals surface area contributed by atoms with E-state index in [0.717, 1.165) is 42.3 Å². The van der Waals surface area contributed by atoms with Gasteiger partial charge in [0.15, 0.2) is 0 Å². The molecule has 4 rings (SSSR count). The van der Waals surface area contributed by atoms with Gasteiger partial charge in [-0.25, -0.2) is 13.2 Å². The summed E-state index contributed by atoms with van der Waals surface area (Å²) in [6, 6.07) is 8.33. The van der Waals surface area contributed by atoms with E-state index in [9.17, 15) is 13.2 Å². The van der Waals surface area contributed by atoms with E-state index in [1.54, 1.807) is 12.1 Å². The zero-order valence-electron chi connectivity index (χ0n) is 15.6. The molecule has 1 aliphatic carbocycles. The molecule has 1 atom stereocenters. The highest BCUT2D eigenvalue weighted by atomic mass is 19.1. The van der Waals surface area contributed by atoms with E-state index in [0.29, 0.717) is 11.3 Å². The molecule has 3 aromatic rings. The van der Waals surface area contributed by atoms with E-state index in [1.165, 1.54) is 18.2 Å². The minimum atomic E-state index is -0.626. The van der Waals surface area contributed by atoms with Gasteiger partial charge in [0.25, 0.3) is 0 Å². The van der Waals surface area contributed by atoms with E-state index >= 15 is 0 Å². The SMILES string of the molecule is C[C@@H](CO)NCC1CC(c2c(-c3ccc(F)cc3)[nH]c3c(F)cc(F)cc23)C1. The van der Waals surface area contributed by atoms with Crippen molar-refractivity contribution in [3.63, 3.8) is 0 Å². The Kier molecular flexibility index (Phi) is 5.17. The topological polar surface area (TPSA) is 48.0 Å². The summed E-state index contributed by atoms with van der Waals surface area (Å²) in [6.45, 7) is 2.81. The molecule has 1 heterocycles. The Hall–Kier alpha value is -2.31. The number of rotatable bonds is 6. The summed E-state index contributed by atoms with van der Waals surface area (Å²) in [7, 11) is 0. The molecule has 0 saturated heterocycles.